The van der Waals surface area contributed by atoms with Gasteiger partial charge in [-0.25, -0.2) is 4.98 Å². The van der Waals surface area contributed by atoms with Crippen LogP contribution in [-0.2, 0) is 11.2 Å². The van der Waals surface area contributed by atoms with Gasteiger partial charge in [-0.2, -0.15) is 0 Å². The van der Waals surface area contributed by atoms with Crippen molar-refractivity contribution in [1.82, 2.24) is 14.9 Å². The average molecular weight is 364 g/mol. The van der Waals surface area contributed by atoms with Crippen LogP contribution in [0.2, 0.25) is 0 Å². The van der Waals surface area contributed by atoms with E-state index >= 15 is 0 Å². The minimum atomic E-state index is -0.133. The predicted molar refractivity (Wildman–Crippen MR) is 108 cm³/mol. The normalized spacial score (nSPS) is 11.1. The quantitative estimate of drug-likeness (QED) is 0.705. The second-order valence-corrected chi connectivity index (χ2v) is 6.81. The van der Waals surface area contributed by atoms with Gasteiger partial charge in [-0.05, 0) is 50.2 Å². The van der Waals surface area contributed by atoms with E-state index < -0.39 is 0 Å². The van der Waals surface area contributed by atoms with Crippen LogP contribution in [0.5, 0.6) is 0 Å². The van der Waals surface area contributed by atoms with Gasteiger partial charge in [0.2, 0.25) is 5.91 Å². The maximum atomic E-state index is 12.3. The smallest absolute Gasteiger partial charge is 0.258 e. The Balaban J connectivity index is 1.58. The van der Waals surface area contributed by atoms with Gasteiger partial charge in [0.1, 0.15) is 5.82 Å². The number of carbonyl (C=O) groups excluding carboxylic acids is 1. The van der Waals surface area contributed by atoms with E-state index in [1.807, 2.05) is 62.2 Å². The number of likely N-dealkylation sites (N-methyl/N-ethyl adjacent to an activating group) is 1. The molecule has 0 radical (unpaired) electrons. The zero-order chi connectivity index (χ0) is 19.4. The van der Waals surface area contributed by atoms with Crippen molar-refractivity contribution in [1.29, 1.82) is 0 Å². The third-order valence-electron chi connectivity index (χ3n) is 4.68. The van der Waals surface area contributed by atoms with Crippen molar-refractivity contribution in [3.05, 3.63) is 69.8 Å². The Bertz CT molecular complexity index is 1030. The van der Waals surface area contributed by atoms with Crippen molar-refractivity contribution in [3.63, 3.8) is 0 Å². The highest BCUT2D eigenvalue weighted by Gasteiger charge is 2.10. The number of rotatable bonds is 6. The molecule has 0 aliphatic carbocycles. The molecule has 0 atom stereocenters. The summed E-state index contributed by atoms with van der Waals surface area (Å²) in [6.45, 7) is 4.90. The van der Waals surface area contributed by atoms with Crippen LogP contribution in [0.15, 0.2) is 47.3 Å². The van der Waals surface area contributed by atoms with Gasteiger partial charge in [0, 0.05) is 18.7 Å². The molecule has 140 valence electrons. The van der Waals surface area contributed by atoms with Crippen LogP contribution in [0, 0.1) is 13.8 Å². The number of hydrogen-bond donors (Lipinski definition) is 2. The van der Waals surface area contributed by atoms with Crippen LogP contribution in [0.1, 0.15) is 17.0 Å². The molecular formula is C21H24N4O2. The number of aromatic nitrogens is 2. The van der Waals surface area contributed by atoms with E-state index in [2.05, 4.69) is 15.3 Å². The summed E-state index contributed by atoms with van der Waals surface area (Å²) < 4.78 is 0. The van der Waals surface area contributed by atoms with E-state index in [0.29, 0.717) is 29.7 Å². The van der Waals surface area contributed by atoms with Gasteiger partial charge in [-0.3, -0.25) is 14.5 Å². The zero-order valence-corrected chi connectivity index (χ0v) is 15.9. The Hall–Kier alpha value is -2.99. The van der Waals surface area contributed by atoms with Crippen LogP contribution < -0.4 is 10.9 Å². The van der Waals surface area contributed by atoms with Crippen LogP contribution in [-0.4, -0.2) is 40.9 Å². The lowest BCUT2D eigenvalue weighted by atomic mass is 10.1. The molecule has 0 saturated carbocycles. The Morgan fingerprint density at radius 1 is 1.15 bits per heavy atom. The Morgan fingerprint density at radius 3 is 2.74 bits per heavy atom. The topological polar surface area (TPSA) is 78.1 Å². The lowest BCUT2D eigenvalue weighted by Crippen LogP contribution is -2.32. The highest BCUT2D eigenvalue weighted by atomic mass is 16.2. The van der Waals surface area contributed by atoms with Crippen molar-refractivity contribution in [3.8, 4) is 0 Å². The number of benzene rings is 2. The van der Waals surface area contributed by atoms with Crippen LogP contribution >= 0.6 is 0 Å². The van der Waals surface area contributed by atoms with Gasteiger partial charge >= 0.3 is 0 Å². The van der Waals surface area contributed by atoms with E-state index in [-0.39, 0.29) is 18.0 Å². The molecule has 1 amide bonds. The maximum absolute atomic E-state index is 12.3. The van der Waals surface area contributed by atoms with Gasteiger partial charge < -0.3 is 10.3 Å². The van der Waals surface area contributed by atoms with Crippen LogP contribution in [0.4, 0.5) is 5.69 Å². The van der Waals surface area contributed by atoms with Gasteiger partial charge in [0.15, 0.2) is 0 Å². The van der Waals surface area contributed by atoms with E-state index in [4.69, 9.17) is 0 Å². The molecule has 0 fully saturated rings. The summed E-state index contributed by atoms with van der Waals surface area (Å²) in [6, 6.07) is 13.1. The number of aryl methyl sites for hydroxylation is 1. The fourth-order valence-corrected chi connectivity index (χ4v) is 2.95. The number of carbonyl (C=O) groups is 1. The minimum absolute atomic E-state index is 0.0637. The fraction of sp³-hybridized carbons (Fsp3) is 0.286. The van der Waals surface area contributed by atoms with Crippen molar-refractivity contribution in [2.24, 2.45) is 0 Å². The zero-order valence-electron chi connectivity index (χ0n) is 15.9. The Labute approximate surface area is 158 Å². The minimum Gasteiger partial charge on any atom is -0.325 e. The molecule has 27 heavy (non-hydrogen) atoms. The van der Waals surface area contributed by atoms with Crippen molar-refractivity contribution >= 4 is 22.5 Å². The third-order valence-corrected chi connectivity index (χ3v) is 4.68. The first-order valence-corrected chi connectivity index (χ1v) is 8.96. The van der Waals surface area contributed by atoms with E-state index in [9.17, 15) is 9.59 Å². The lowest BCUT2D eigenvalue weighted by Gasteiger charge is -2.17. The monoisotopic (exact) mass is 364 g/mol. The molecule has 2 aromatic carbocycles. The number of anilines is 1. The lowest BCUT2D eigenvalue weighted by molar-refractivity contribution is -0.117. The summed E-state index contributed by atoms with van der Waals surface area (Å²) in [7, 11) is 1.88. The average Bonchev–Trinajstić information content (AvgIpc) is 2.64. The predicted octanol–water partition coefficient (Wildman–Crippen LogP) is 2.65. The first-order chi connectivity index (χ1) is 12.9. The fourth-order valence-electron chi connectivity index (χ4n) is 2.95. The molecule has 1 heterocycles. The number of para-hydroxylation sites is 1. The maximum Gasteiger partial charge on any atom is 0.258 e. The molecular weight excluding hydrogens is 340 g/mol. The molecule has 6 heteroatoms. The van der Waals surface area contributed by atoms with Gasteiger partial charge in [0.05, 0.1) is 17.4 Å². The molecule has 3 rings (SSSR count). The summed E-state index contributed by atoms with van der Waals surface area (Å²) in [5.74, 6) is 0.562. The number of nitrogens with one attached hydrogen (secondary N) is 2. The summed E-state index contributed by atoms with van der Waals surface area (Å²) in [4.78, 5) is 33.6. The van der Waals surface area contributed by atoms with Gasteiger partial charge in [-0.1, -0.05) is 24.3 Å². The second-order valence-electron chi connectivity index (χ2n) is 6.81. The van der Waals surface area contributed by atoms with Crippen LogP contribution in [0.3, 0.4) is 0 Å². The first-order valence-electron chi connectivity index (χ1n) is 8.96. The summed E-state index contributed by atoms with van der Waals surface area (Å²) in [5.41, 5.74) is 3.62. The Kier molecular flexibility index (Phi) is 5.66. The van der Waals surface area contributed by atoms with E-state index in [0.717, 1.165) is 16.8 Å². The molecule has 3 aromatic rings. The van der Waals surface area contributed by atoms with Crippen molar-refractivity contribution in [2.75, 3.05) is 25.5 Å². The van der Waals surface area contributed by atoms with Crippen molar-refractivity contribution < 1.29 is 4.79 Å². The largest absolute Gasteiger partial charge is 0.325 e. The summed E-state index contributed by atoms with van der Waals surface area (Å²) in [6.07, 6.45) is 0.563. The first kappa shape index (κ1) is 18.8. The highest BCUT2D eigenvalue weighted by Crippen LogP contribution is 2.17. The summed E-state index contributed by atoms with van der Waals surface area (Å²) in [5, 5.41) is 3.55. The number of H-pyrrole nitrogens is 1. The summed E-state index contributed by atoms with van der Waals surface area (Å²) >= 11 is 0. The molecule has 0 bridgehead atoms. The molecule has 1 aromatic heterocycles. The number of aromatic amines is 1. The molecule has 0 aliphatic heterocycles. The number of amides is 1. The molecule has 0 saturated heterocycles. The molecule has 2 N–H and O–H groups in total. The number of fused-ring (bicyclic) bond motifs is 1. The van der Waals surface area contributed by atoms with E-state index in [1.54, 1.807) is 6.07 Å². The van der Waals surface area contributed by atoms with Gasteiger partial charge in [-0.15, -0.1) is 0 Å². The molecule has 0 aliphatic rings. The molecule has 6 nitrogen and oxygen atoms in total. The molecule has 0 unspecified atom stereocenters. The standard InChI is InChI=1S/C21H24N4O2/c1-14-7-6-10-17(15(14)2)23-20(26)13-25(3)12-11-19-22-18-9-5-4-8-16(18)21(27)24-19/h4-10H,11-13H2,1-3H3,(H,23,26)(H,22,24,27). The Morgan fingerprint density at radius 2 is 1.93 bits per heavy atom. The van der Waals surface area contributed by atoms with Crippen molar-refractivity contribution in [2.45, 2.75) is 20.3 Å². The SMILES string of the molecule is Cc1cccc(NC(=O)CN(C)CCc2nc3ccccc3c(=O)[nH]2)c1C. The number of nitrogens with zero attached hydrogens (tertiary/aromatic N) is 2. The highest BCUT2D eigenvalue weighted by molar-refractivity contribution is 5.93. The number of hydrogen-bond acceptors (Lipinski definition) is 4. The van der Waals surface area contributed by atoms with E-state index in [1.165, 1.54) is 0 Å². The molecule has 0 spiro atoms. The van der Waals surface area contributed by atoms with Crippen LogP contribution in [0.25, 0.3) is 10.9 Å². The second kappa shape index (κ2) is 8.14. The van der Waals surface area contributed by atoms with Gasteiger partial charge in [0.25, 0.3) is 5.56 Å². The third kappa shape index (κ3) is 4.60.